The minimum absolute atomic E-state index is 0.0598. The monoisotopic (exact) mass is 337 g/mol. The van der Waals surface area contributed by atoms with Crippen LogP contribution in [0.1, 0.15) is 31.9 Å². The highest BCUT2D eigenvalue weighted by Gasteiger charge is 2.26. The topological polar surface area (TPSA) is 93.9 Å². The van der Waals surface area contributed by atoms with Crippen molar-refractivity contribution in [3.63, 3.8) is 0 Å². The maximum atomic E-state index is 12.2. The summed E-state index contributed by atoms with van der Waals surface area (Å²) in [7, 11) is 0. The Morgan fingerprint density at radius 2 is 1.92 bits per heavy atom. The number of amides is 3. The molecule has 7 nitrogen and oxygen atoms in total. The van der Waals surface area contributed by atoms with Crippen LogP contribution in [0.25, 0.3) is 0 Å². The fraction of sp³-hybridized carbons (Fsp3) is 0.529. The van der Waals surface area contributed by atoms with Crippen molar-refractivity contribution >= 4 is 12.1 Å². The van der Waals surface area contributed by atoms with Crippen LogP contribution < -0.4 is 15.8 Å². The number of nitrogens with one attached hydrogen (secondary N) is 1. The van der Waals surface area contributed by atoms with Crippen LogP contribution >= 0.6 is 0 Å². The Bertz CT molecular complexity index is 582. The van der Waals surface area contributed by atoms with Gasteiger partial charge in [-0.3, -0.25) is 0 Å². The molecule has 7 heteroatoms. The van der Waals surface area contributed by atoms with Crippen molar-refractivity contribution in [2.45, 2.75) is 40.2 Å². The number of ether oxygens (including phenoxy) is 2. The smallest absolute Gasteiger partial charge is 0.418 e. The molecule has 3 N–H and O–H groups in total. The predicted octanol–water partition coefficient (Wildman–Crippen LogP) is 2.55. The lowest BCUT2D eigenvalue weighted by Gasteiger charge is -2.26. The van der Waals surface area contributed by atoms with E-state index in [0.717, 1.165) is 16.0 Å². The van der Waals surface area contributed by atoms with Gasteiger partial charge in [-0.2, -0.15) is 0 Å². The summed E-state index contributed by atoms with van der Waals surface area (Å²) in [6.45, 7) is 9.24. The summed E-state index contributed by atoms with van der Waals surface area (Å²) in [5.41, 5.74) is 6.86. The van der Waals surface area contributed by atoms with E-state index in [1.54, 1.807) is 20.8 Å². The number of aryl methyl sites for hydroxylation is 2. The second-order valence-corrected chi connectivity index (χ2v) is 6.46. The highest BCUT2D eigenvalue weighted by atomic mass is 16.6. The fourth-order valence-electron chi connectivity index (χ4n) is 1.95. The molecule has 0 bridgehead atoms. The first kappa shape index (κ1) is 19.8. The Hall–Kier alpha value is -2.28. The van der Waals surface area contributed by atoms with E-state index in [4.69, 9.17) is 15.2 Å². The van der Waals surface area contributed by atoms with Crippen LogP contribution in [0.15, 0.2) is 18.2 Å². The maximum Gasteiger partial charge on any atom is 0.418 e. The molecule has 0 saturated carbocycles. The fourth-order valence-corrected chi connectivity index (χ4v) is 1.95. The Balaban J connectivity index is 2.60. The van der Waals surface area contributed by atoms with Crippen LogP contribution in [-0.4, -0.2) is 42.4 Å². The molecule has 1 aromatic rings. The number of carbonyl (C=O) groups is 2. The van der Waals surface area contributed by atoms with Gasteiger partial charge < -0.3 is 20.5 Å². The molecule has 0 aromatic heterocycles. The first-order valence-corrected chi connectivity index (χ1v) is 7.82. The standard InChI is InChI=1S/C17H27N3O4/c1-12-6-7-14(13(2)10-12)23-11-19-15(21)20(9-8-18)16(22)24-17(3,4)5/h6-7,10H,8-9,11,18H2,1-5H3,(H,19,21). The zero-order valence-corrected chi connectivity index (χ0v) is 15.0. The number of nitrogens with two attached hydrogens (primary N) is 1. The van der Waals surface area contributed by atoms with Gasteiger partial charge in [0.05, 0.1) is 0 Å². The number of hydrogen-bond donors (Lipinski definition) is 2. The second-order valence-electron chi connectivity index (χ2n) is 6.46. The molecule has 0 radical (unpaired) electrons. The van der Waals surface area contributed by atoms with Gasteiger partial charge in [-0.05, 0) is 46.2 Å². The molecule has 24 heavy (non-hydrogen) atoms. The highest BCUT2D eigenvalue weighted by molar-refractivity contribution is 5.91. The summed E-state index contributed by atoms with van der Waals surface area (Å²) in [5, 5.41) is 2.53. The van der Waals surface area contributed by atoms with Crippen LogP contribution in [-0.2, 0) is 4.74 Å². The maximum absolute atomic E-state index is 12.2. The van der Waals surface area contributed by atoms with Crippen molar-refractivity contribution in [3.05, 3.63) is 29.3 Å². The molecule has 0 spiro atoms. The summed E-state index contributed by atoms with van der Waals surface area (Å²) < 4.78 is 10.7. The third-order valence-electron chi connectivity index (χ3n) is 2.99. The van der Waals surface area contributed by atoms with Gasteiger partial charge in [-0.1, -0.05) is 17.7 Å². The minimum Gasteiger partial charge on any atom is -0.473 e. The SMILES string of the molecule is Cc1ccc(OCNC(=O)N(CCN)C(=O)OC(C)(C)C)c(C)c1. The van der Waals surface area contributed by atoms with Gasteiger partial charge in [-0.25, -0.2) is 14.5 Å². The number of carbonyl (C=O) groups excluding carboxylic acids is 2. The molecule has 0 aliphatic carbocycles. The number of rotatable bonds is 5. The van der Waals surface area contributed by atoms with E-state index in [1.165, 1.54) is 0 Å². The Kier molecular flexibility index (Phi) is 7.03. The first-order chi connectivity index (χ1) is 11.1. The average molecular weight is 337 g/mol. The third kappa shape index (κ3) is 6.45. The molecule has 0 aliphatic rings. The largest absolute Gasteiger partial charge is 0.473 e. The van der Waals surface area contributed by atoms with Crippen LogP contribution in [0.5, 0.6) is 5.75 Å². The summed E-state index contributed by atoms with van der Waals surface area (Å²) in [4.78, 5) is 25.2. The summed E-state index contributed by atoms with van der Waals surface area (Å²) in [6, 6.07) is 5.13. The molecule has 0 atom stereocenters. The van der Waals surface area contributed by atoms with Crippen molar-refractivity contribution in [2.75, 3.05) is 19.8 Å². The molecule has 0 heterocycles. The van der Waals surface area contributed by atoms with Crippen molar-refractivity contribution < 1.29 is 19.1 Å². The van der Waals surface area contributed by atoms with E-state index in [9.17, 15) is 9.59 Å². The lowest BCUT2D eigenvalue weighted by Crippen LogP contribution is -2.48. The minimum atomic E-state index is -0.739. The van der Waals surface area contributed by atoms with Crippen LogP contribution in [0.4, 0.5) is 9.59 Å². The number of benzene rings is 1. The van der Waals surface area contributed by atoms with E-state index in [1.807, 2.05) is 32.0 Å². The van der Waals surface area contributed by atoms with E-state index in [2.05, 4.69) is 5.32 Å². The number of urea groups is 1. The normalized spacial score (nSPS) is 10.9. The zero-order valence-electron chi connectivity index (χ0n) is 15.0. The second kappa shape index (κ2) is 8.54. The van der Waals surface area contributed by atoms with Gasteiger partial charge in [0.15, 0.2) is 6.73 Å². The molecule has 1 rings (SSSR count). The molecule has 0 saturated heterocycles. The first-order valence-electron chi connectivity index (χ1n) is 7.82. The van der Waals surface area contributed by atoms with Gasteiger partial charge in [0, 0.05) is 13.1 Å². The average Bonchev–Trinajstić information content (AvgIpc) is 2.44. The third-order valence-corrected chi connectivity index (χ3v) is 2.99. The van der Waals surface area contributed by atoms with Gasteiger partial charge in [0.2, 0.25) is 0 Å². The lowest BCUT2D eigenvalue weighted by atomic mass is 10.1. The molecular formula is C17H27N3O4. The Labute approximate surface area is 143 Å². The Morgan fingerprint density at radius 3 is 2.46 bits per heavy atom. The highest BCUT2D eigenvalue weighted by Crippen LogP contribution is 2.18. The molecule has 0 unspecified atom stereocenters. The summed E-state index contributed by atoms with van der Waals surface area (Å²) >= 11 is 0. The van der Waals surface area contributed by atoms with Crippen LogP contribution in [0, 0.1) is 13.8 Å². The molecule has 1 aromatic carbocycles. The Morgan fingerprint density at radius 1 is 1.25 bits per heavy atom. The van der Waals surface area contributed by atoms with Gasteiger partial charge in [0.25, 0.3) is 0 Å². The number of imide groups is 1. The molecule has 0 aliphatic heterocycles. The number of nitrogens with zero attached hydrogens (tertiary/aromatic N) is 1. The van der Waals surface area contributed by atoms with Crippen LogP contribution in [0.2, 0.25) is 0 Å². The molecule has 3 amide bonds. The van der Waals surface area contributed by atoms with Gasteiger partial charge in [-0.15, -0.1) is 0 Å². The molecule has 0 fully saturated rings. The van der Waals surface area contributed by atoms with Crippen molar-refractivity contribution in [2.24, 2.45) is 5.73 Å². The zero-order chi connectivity index (χ0) is 18.3. The summed E-state index contributed by atoms with van der Waals surface area (Å²) in [5.74, 6) is 0.670. The quantitative estimate of drug-likeness (QED) is 0.805. The number of hydrogen-bond acceptors (Lipinski definition) is 5. The predicted molar refractivity (Wildman–Crippen MR) is 91.9 cm³/mol. The summed E-state index contributed by atoms with van der Waals surface area (Å²) in [6.07, 6.45) is -0.739. The van der Waals surface area contributed by atoms with Crippen molar-refractivity contribution in [1.29, 1.82) is 0 Å². The van der Waals surface area contributed by atoms with Crippen molar-refractivity contribution in [1.82, 2.24) is 10.2 Å². The van der Waals surface area contributed by atoms with Crippen LogP contribution in [0.3, 0.4) is 0 Å². The van der Waals surface area contributed by atoms with E-state index >= 15 is 0 Å². The van der Waals surface area contributed by atoms with Gasteiger partial charge >= 0.3 is 12.1 Å². The molecular weight excluding hydrogens is 310 g/mol. The van der Waals surface area contributed by atoms with E-state index < -0.39 is 17.7 Å². The van der Waals surface area contributed by atoms with Gasteiger partial charge in [0.1, 0.15) is 11.4 Å². The lowest BCUT2D eigenvalue weighted by molar-refractivity contribution is 0.0321. The molecule has 134 valence electrons. The van der Waals surface area contributed by atoms with E-state index in [0.29, 0.717) is 5.75 Å². The van der Waals surface area contributed by atoms with Crippen molar-refractivity contribution in [3.8, 4) is 5.75 Å². The van der Waals surface area contributed by atoms with E-state index in [-0.39, 0.29) is 19.8 Å².